The van der Waals surface area contributed by atoms with Crippen molar-refractivity contribution in [3.05, 3.63) is 47.1 Å². The molecule has 0 amide bonds. The summed E-state index contributed by atoms with van der Waals surface area (Å²) in [6.45, 7) is 0. The Hall–Kier alpha value is -1.04. The summed E-state index contributed by atoms with van der Waals surface area (Å²) in [7, 11) is 0. The molecular weight excluding hydrogens is 156 g/mol. The highest BCUT2D eigenvalue weighted by molar-refractivity contribution is 5.47. The standard InChI is InChI=1S/C13H14/c1-2-6-12-10(4-1)8-9-11-5-3-7-13(11)12/h1,3-5,8,12H,2,6-7,9H2. The highest BCUT2D eigenvalue weighted by atomic mass is 14.3. The molecule has 1 unspecified atom stereocenters. The second-order valence-electron chi connectivity index (χ2n) is 4.10. The van der Waals surface area contributed by atoms with Crippen LogP contribution in [-0.4, -0.2) is 0 Å². The van der Waals surface area contributed by atoms with Crippen LogP contribution in [0.1, 0.15) is 25.7 Å². The fourth-order valence-electron chi connectivity index (χ4n) is 2.71. The summed E-state index contributed by atoms with van der Waals surface area (Å²) in [5, 5.41) is 0. The van der Waals surface area contributed by atoms with Crippen LogP contribution in [0, 0.1) is 5.92 Å². The molecule has 13 heavy (non-hydrogen) atoms. The van der Waals surface area contributed by atoms with Crippen molar-refractivity contribution in [2.45, 2.75) is 25.7 Å². The van der Waals surface area contributed by atoms with E-state index in [9.17, 15) is 0 Å². The molecule has 0 aliphatic heterocycles. The minimum absolute atomic E-state index is 0.767. The molecule has 0 nitrogen and oxygen atoms in total. The Labute approximate surface area is 79.3 Å². The van der Waals surface area contributed by atoms with Crippen LogP contribution in [0.2, 0.25) is 0 Å². The highest BCUT2D eigenvalue weighted by Crippen LogP contribution is 2.41. The number of hydrogen-bond acceptors (Lipinski definition) is 0. The molecule has 0 aromatic rings. The summed E-state index contributed by atoms with van der Waals surface area (Å²) >= 11 is 0. The Morgan fingerprint density at radius 2 is 2.08 bits per heavy atom. The minimum atomic E-state index is 0.767. The van der Waals surface area contributed by atoms with Crippen LogP contribution in [-0.2, 0) is 0 Å². The molecule has 0 saturated heterocycles. The maximum absolute atomic E-state index is 2.41. The van der Waals surface area contributed by atoms with Gasteiger partial charge in [-0.25, -0.2) is 0 Å². The van der Waals surface area contributed by atoms with Gasteiger partial charge in [-0.2, -0.15) is 0 Å². The van der Waals surface area contributed by atoms with Crippen molar-refractivity contribution in [1.29, 1.82) is 0 Å². The molecule has 0 aromatic carbocycles. The van der Waals surface area contributed by atoms with Gasteiger partial charge in [-0.1, -0.05) is 36.0 Å². The third kappa shape index (κ3) is 1.05. The quantitative estimate of drug-likeness (QED) is 0.521. The maximum Gasteiger partial charge on any atom is 0.00570 e. The van der Waals surface area contributed by atoms with Gasteiger partial charge in [-0.3, -0.25) is 0 Å². The molecular formula is C13H14. The first kappa shape index (κ1) is 7.37. The van der Waals surface area contributed by atoms with Crippen molar-refractivity contribution in [3.8, 4) is 0 Å². The van der Waals surface area contributed by atoms with Gasteiger partial charge < -0.3 is 0 Å². The second-order valence-corrected chi connectivity index (χ2v) is 4.10. The Morgan fingerprint density at radius 3 is 3.08 bits per heavy atom. The van der Waals surface area contributed by atoms with Crippen LogP contribution in [0.5, 0.6) is 0 Å². The van der Waals surface area contributed by atoms with Crippen LogP contribution in [0.4, 0.5) is 0 Å². The Bertz CT molecular complexity index is 350. The number of allylic oxidation sites excluding steroid dienone is 8. The molecule has 0 saturated carbocycles. The van der Waals surface area contributed by atoms with Crippen LogP contribution in [0.15, 0.2) is 47.1 Å². The fraction of sp³-hybridized carbons (Fsp3) is 0.385. The molecule has 3 aliphatic carbocycles. The van der Waals surface area contributed by atoms with Gasteiger partial charge in [-0.05, 0) is 36.8 Å². The molecule has 0 radical (unpaired) electrons. The third-order valence-electron chi connectivity index (χ3n) is 3.38. The predicted octanol–water partition coefficient (Wildman–Crippen LogP) is 3.54. The van der Waals surface area contributed by atoms with Crippen LogP contribution < -0.4 is 0 Å². The topological polar surface area (TPSA) is 0 Å². The predicted molar refractivity (Wildman–Crippen MR) is 55.3 cm³/mol. The fourth-order valence-corrected chi connectivity index (χ4v) is 2.71. The monoisotopic (exact) mass is 170 g/mol. The molecule has 3 rings (SSSR count). The Kier molecular flexibility index (Phi) is 1.55. The van der Waals surface area contributed by atoms with Crippen molar-refractivity contribution >= 4 is 0 Å². The molecule has 66 valence electrons. The van der Waals surface area contributed by atoms with Crippen molar-refractivity contribution in [2.24, 2.45) is 5.92 Å². The summed E-state index contributed by atoms with van der Waals surface area (Å²) in [5.74, 6) is 0.767. The van der Waals surface area contributed by atoms with Gasteiger partial charge in [0.1, 0.15) is 0 Å². The molecule has 3 aliphatic rings. The lowest BCUT2D eigenvalue weighted by molar-refractivity contribution is 0.618. The third-order valence-corrected chi connectivity index (χ3v) is 3.38. The van der Waals surface area contributed by atoms with E-state index in [1.807, 2.05) is 0 Å². The lowest BCUT2D eigenvalue weighted by Crippen LogP contribution is -2.13. The molecule has 0 spiro atoms. The molecule has 1 atom stereocenters. The normalized spacial score (nSPS) is 30.2. The van der Waals surface area contributed by atoms with Crippen LogP contribution in [0.25, 0.3) is 0 Å². The summed E-state index contributed by atoms with van der Waals surface area (Å²) in [6, 6.07) is 0. The van der Waals surface area contributed by atoms with Gasteiger partial charge in [0.2, 0.25) is 0 Å². The summed E-state index contributed by atoms with van der Waals surface area (Å²) in [5.41, 5.74) is 4.89. The molecule has 0 aromatic heterocycles. The minimum Gasteiger partial charge on any atom is -0.0842 e. The first-order chi connectivity index (χ1) is 6.45. The number of fused-ring (bicyclic) bond motifs is 2. The highest BCUT2D eigenvalue weighted by Gasteiger charge is 2.25. The average molecular weight is 170 g/mol. The van der Waals surface area contributed by atoms with Gasteiger partial charge in [0.25, 0.3) is 0 Å². The zero-order valence-electron chi connectivity index (χ0n) is 7.79. The lowest BCUT2D eigenvalue weighted by Gasteiger charge is -2.27. The first-order valence-electron chi connectivity index (χ1n) is 5.20. The van der Waals surface area contributed by atoms with E-state index in [2.05, 4.69) is 30.4 Å². The van der Waals surface area contributed by atoms with E-state index in [-0.39, 0.29) is 0 Å². The van der Waals surface area contributed by atoms with E-state index in [0.717, 1.165) is 5.92 Å². The van der Waals surface area contributed by atoms with E-state index in [1.165, 1.54) is 25.7 Å². The molecule has 0 heteroatoms. The molecule has 0 bridgehead atoms. The summed E-state index contributed by atoms with van der Waals surface area (Å²) < 4.78 is 0. The van der Waals surface area contributed by atoms with Gasteiger partial charge >= 0.3 is 0 Å². The molecule has 0 heterocycles. The van der Waals surface area contributed by atoms with Gasteiger partial charge in [0.05, 0.1) is 0 Å². The first-order valence-corrected chi connectivity index (χ1v) is 5.20. The maximum atomic E-state index is 2.41. The number of rotatable bonds is 0. The van der Waals surface area contributed by atoms with Gasteiger partial charge in [0.15, 0.2) is 0 Å². The van der Waals surface area contributed by atoms with Crippen LogP contribution in [0.3, 0.4) is 0 Å². The lowest BCUT2D eigenvalue weighted by atomic mass is 9.77. The van der Waals surface area contributed by atoms with E-state index in [1.54, 1.807) is 16.7 Å². The van der Waals surface area contributed by atoms with Crippen LogP contribution >= 0.6 is 0 Å². The van der Waals surface area contributed by atoms with E-state index < -0.39 is 0 Å². The van der Waals surface area contributed by atoms with Crippen molar-refractivity contribution < 1.29 is 0 Å². The average Bonchev–Trinajstić information content (AvgIpc) is 2.65. The zero-order valence-corrected chi connectivity index (χ0v) is 7.79. The second kappa shape index (κ2) is 2.73. The largest absolute Gasteiger partial charge is 0.0842 e. The summed E-state index contributed by atoms with van der Waals surface area (Å²) in [4.78, 5) is 0. The Balaban J connectivity index is 2.00. The van der Waals surface area contributed by atoms with Gasteiger partial charge in [0, 0.05) is 5.92 Å². The van der Waals surface area contributed by atoms with Crippen molar-refractivity contribution in [2.75, 3.05) is 0 Å². The molecule has 0 N–H and O–H groups in total. The number of hydrogen-bond donors (Lipinski definition) is 0. The summed E-state index contributed by atoms with van der Waals surface area (Å²) in [6.07, 6.45) is 16.7. The SMILES string of the molecule is C1=CC2=CCC3=C(CC=C3)C2CC1. The molecule has 0 fully saturated rings. The Morgan fingerprint density at radius 1 is 1.08 bits per heavy atom. The van der Waals surface area contributed by atoms with Gasteiger partial charge in [-0.15, -0.1) is 0 Å². The van der Waals surface area contributed by atoms with Crippen molar-refractivity contribution in [1.82, 2.24) is 0 Å². The smallest absolute Gasteiger partial charge is 0.00570 e. The zero-order chi connectivity index (χ0) is 8.67. The van der Waals surface area contributed by atoms with Crippen molar-refractivity contribution in [3.63, 3.8) is 0 Å². The van der Waals surface area contributed by atoms with E-state index in [4.69, 9.17) is 0 Å². The van der Waals surface area contributed by atoms with E-state index >= 15 is 0 Å². The van der Waals surface area contributed by atoms with E-state index in [0.29, 0.717) is 0 Å².